The molecule has 8 nitrogen and oxygen atoms in total. The van der Waals surface area contributed by atoms with Crippen LogP contribution in [-0.4, -0.2) is 75.5 Å². The Balaban J connectivity index is 4.33. The normalized spacial score (nSPS) is 13.6. The summed E-state index contributed by atoms with van der Waals surface area (Å²) in [5.41, 5.74) is 0. The van der Waals surface area contributed by atoms with Crippen molar-refractivity contribution >= 4 is 17.9 Å². The van der Waals surface area contributed by atoms with Crippen LogP contribution in [0.2, 0.25) is 0 Å². The Hall–Kier alpha value is -3.49. The number of aliphatic carboxylic acids is 1. The highest BCUT2D eigenvalue weighted by Crippen LogP contribution is 2.14. The summed E-state index contributed by atoms with van der Waals surface area (Å²) >= 11 is 0. The third-order valence-electron chi connectivity index (χ3n) is 11.3. The Morgan fingerprint density at radius 3 is 1.31 bits per heavy atom. The van der Waals surface area contributed by atoms with Crippen LogP contribution >= 0.6 is 0 Å². The van der Waals surface area contributed by atoms with Gasteiger partial charge in [-0.25, -0.2) is 0 Å². The number of quaternary nitrogens is 1. The Kier molecular flexibility index (Phi) is 44.5. The van der Waals surface area contributed by atoms with Crippen molar-refractivity contribution in [2.75, 3.05) is 41.0 Å². The van der Waals surface area contributed by atoms with Crippen LogP contribution in [0.3, 0.4) is 0 Å². The number of hydrogen-bond donors (Lipinski definition) is 0. The molecule has 0 aromatic rings. The average molecular weight is 908 g/mol. The fourth-order valence-electron chi connectivity index (χ4n) is 7.25. The number of unbranched alkanes of at least 4 members (excludes halogenated alkanes) is 18. The van der Waals surface area contributed by atoms with Crippen LogP contribution in [0.1, 0.15) is 206 Å². The molecule has 2 unspecified atom stereocenters. The van der Waals surface area contributed by atoms with Gasteiger partial charge < -0.3 is 28.6 Å². The minimum atomic E-state index is -1.13. The lowest BCUT2D eigenvalue weighted by Crippen LogP contribution is -2.55. The molecule has 0 aliphatic heterocycles. The van der Waals surface area contributed by atoms with Crippen LogP contribution < -0.4 is 5.11 Å². The molecular formula is C57H97NO7. The standard InChI is InChI=1S/C57H97NO7/c1-6-8-10-12-14-16-18-20-22-24-26-27-28-30-31-33-35-37-39-41-43-45-47-55(59)64-52-53(51-63-50-49-54(57(61)62)58(3,4)5)65-56(60)48-46-44-42-40-38-36-34-32-29-25-23-21-19-17-15-13-11-9-7-2/h8,10,14,16,20,22,25-27,29-31,35,37,53-54H,6-7,9,11-13,15,17-19,21,23-24,28,32-34,36,38-52H2,1-5H3/b10-8+,16-14+,22-20+,27-26+,29-25+,31-30+,37-35+. The molecule has 0 aliphatic carbocycles. The number of carboxylic acid groups (broad SMARTS) is 1. The van der Waals surface area contributed by atoms with E-state index in [2.05, 4.69) is 98.9 Å². The highest BCUT2D eigenvalue weighted by Gasteiger charge is 2.25. The first-order valence-electron chi connectivity index (χ1n) is 26.1. The molecule has 0 amide bonds. The van der Waals surface area contributed by atoms with Crippen molar-refractivity contribution in [1.29, 1.82) is 0 Å². The summed E-state index contributed by atoms with van der Waals surface area (Å²) in [6, 6.07) is -0.737. The van der Waals surface area contributed by atoms with E-state index in [0.717, 1.165) is 83.5 Å². The van der Waals surface area contributed by atoms with Gasteiger partial charge >= 0.3 is 11.9 Å². The zero-order valence-corrected chi connectivity index (χ0v) is 42.4. The van der Waals surface area contributed by atoms with Crippen molar-refractivity contribution in [2.45, 2.75) is 219 Å². The van der Waals surface area contributed by atoms with E-state index in [9.17, 15) is 19.5 Å². The summed E-state index contributed by atoms with van der Waals surface area (Å²) in [5.74, 6) is -1.79. The third kappa shape index (κ3) is 45.5. The van der Waals surface area contributed by atoms with Gasteiger partial charge in [0.2, 0.25) is 0 Å². The lowest BCUT2D eigenvalue weighted by molar-refractivity contribution is -0.889. The Morgan fingerprint density at radius 2 is 0.862 bits per heavy atom. The zero-order valence-electron chi connectivity index (χ0n) is 42.4. The van der Waals surface area contributed by atoms with Crippen molar-refractivity contribution in [3.05, 3.63) is 85.1 Å². The Bertz CT molecular complexity index is 1330. The fraction of sp³-hybridized carbons (Fsp3) is 0.702. The van der Waals surface area contributed by atoms with Crippen molar-refractivity contribution < 1.29 is 38.2 Å². The number of carboxylic acids is 1. The smallest absolute Gasteiger partial charge is 0.306 e. The second kappa shape index (κ2) is 47.0. The molecule has 372 valence electrons. The molecule has 0 spiro atoms. The topological polar surface area (TPSA) is 102 Å². The first-order valence-corrected chi connectivity index (χ1v) is 26.1. The van der Waals surface area contributed by atoms with Crippen LogP contribution in [0, 0.1) is 0 Å². The monoisotopic (exact) mass is 908 g/mol. The van der Waals surface area contributed by atoms with Gasteiger partial charge in [-0.3, -0.25) is 9.59 Å². The van der Waals surface area contributed by atoms with Gasteiger partial charge in [-0.1, -0.05) is 182 Å². The summed E-state index contributed by atoms with van der Waals surface area (Å²) in [5, 5.41) is 11.7. The molecule has 0 N–H and O–H groups in total. The number of nitrogens with zero attached hydrogens (tertiary/aromatic N) is 1. The number of hydrogen-bond acceptors (Lipinski definition) is 7. The SMILES string of the molecule is CC/C=C/C/C=C/C/C=C/C/C=C/C/C=C/C/C=C/CCCCCC(=O)OCC(COCCC(C(=O)[O-])[N+](C)(C)C)OC(=O)CCCCCCCCC/C=C/CCCCCCCCCC. The highest BCUT2D eigenvalue weighted by molar-refractivity contribution is 5.70. The number of likely N-dealkylation sites (N-methyl/N-ethyl adjacent to an activating group) is 1. The molecule has 0 rings (SSSR count). The second-order valence-corrected chi connectivity index (χ2v) is 18.4. The van der Waals surface area contributed by atoms with Crippen LogP contribution in [0.5, 0.6) is 0 Å². The van der Waals surface area contributed by atoms with Gasteiger partial charge in [0.25, 0.3) is 0 Å². The van der Waals surface area contributed by atoms with E-state index in [-0.39, 0.29) is 42.7 Å². The summed E-state index contributed by atoms with van der Waals surface area (Å²) in [7, 11) is 5.40. The number of carbonyl (C=O) groups is 3. The van der Waals surface area contributed by atoms with Gasteiger partial charge in [0, 0.05) is 19.3 Å². The van der Waals surface area contributed by atoms with E-state index in [1.165, 1.54) is 89.9 Å². The predicted molar refractivity (Wildman–Crippen MR) is 272 cm³/mol. The maximum absolute atomic E-state index is 12.8. The first kappa shape index (κ1) is 61.5. The molecule has 65 heavy (non-hydrogen) atoms. The van der Waals surface area contributed by atoms with E-state index < -0.39 is 18.1 Å². The summed E-state index contributed by atoms with van der Waals surface area (Å²) in [6.45, 7) is 4.51. The molecular weight excluding hydrogens is 811 g/mol. The fourth-order valence-corrected chi connectivity index (χ4v) is 7.25. The number of allylic oxidation sites excluding steroid dienone is 14. The molecule has 0 bridgehead atoms. The molecule has 0 fully saturated rings. The maximum atomic E-state index is 12.8. The summed E-state index contributed by atoms with van der Waals surface area (Å²) in [6.07, 6.45) is 61.8. The first-order chi connectivity index (χ1) is 31.6. The maximum Gasteiger partial charge on any atom is 0.306 e. The molecule has 0 saturated carbocycles. The number of rotatable bonds is 46. The van der Waals surface area contributed by atoms with Gasteiger partial charge in [0.05, 0.1) is 40.3 Å². The quantitative estimate of drug-likeness (QED) is 0.0259. The third-order valence-corrected chi connectivity index (χ3v) is 11.3. The van der Waals surface area contributed by atoms with Crippen molar-refractivity contribution in [3.63, 3.8) is 0 Å². The molecule has 0 aromatic heterocycles. The average Bonchev–Trinajstić information content (AvgIpc) is 3.27. The van der Waals surface area contributed by atoms with Crippen LogP contribution in [0.4, 0.5) is 0 Å². The second-order valence-electron chi connectivity index (χ2n) is 18.4. The zero-order chi connectivity index (χ0) is 47.7. The van der Waals surface area contributed by atoms with Crippen molar-refractivity contribution in [2.24, 2.45) is 0 Å². The van der Waals surface area contributed by atoms with E-state index in [1.807, 2.05) is 0 Å². The molecule has 8 heteroatoms. The van der Waals surface area contributed by atoms with Gasteiger partial charge in [0.15, 0.2) is 6.10 Å². The van der Waals surface area contributed by atoms with Gasteiger partial charge in [-0.2, -0.15) is 0 Å². The molecule has 0 saturated heterocycles. The van der Waals surface area contributed by atoms with E-state index in [1.54, 1.807) is 21.1 Å². The van der Waals surface area contributed by atoms with Crippen LogP contribution in [-0.2, 0) is 28.6 Å². The molecule has 0 radical (unpaired) electrons. The van der Waals surface area contributed by atoms with Crippen LogP contribution in [0.15, 0.2) is 85.1 Å². The lowest BCUT2D eigenvalue weighted by Gasteiger charge is -2.34. The largest absolute Gasteiger partial charge is 0.544 e. The molecule has 2 atom stereocenters. The Labute approximate surface area is 399 Å². The van der Waals surface area contributed by atoms with Crippen molar-refractivity contribution in [3.8, 4) is 0 Å². The number of ether oxygens (including phenoxy) is 3. The molecule has 0 aromatic carbocycles. The predicted octanol–water partition coefficient (Wildman–Crippen LogP) is 13.9. The van der Waals surface area contributed by atoms with Gasteiger partial charge in [-0.05, 0) is 89.9 Å². The minimum absolute atomic E-state index is 0.0241. The van der Waals surface area contributed by atoms with Crippen LogP contribution in [0.25, 0.3) is 0 Å². The summed E-state index contributed by atoms with van der Waals surface area (Å²) in [4.78, 5) is 37.1. The highest BCUT2D eigenvalue weighted by atomic mass is 16.6. The van der Waals surface area contributed by atoms with Gasteiger partial charge in [-0.15, -0.1) is 0 Å². The van der Waals surface area contributed by atoms with E-state index >= 15 is 0 Å². The minimum Gasteiger partial charge on any atom is -0.544 e. The van der Waals surface area contributed by atoms with E-state index in [4.69, 9.17) is 14.2 Å². The lowest BCUT2D eigenvalue weighted by atomic mass is 10.1. The van der Waals surface area contributed by atoms with E-state index in [0.29, 0.717) is 12.8 Å². The van der Waals surface area contributed by atoms with Gasteiger partial charge in [0.1, 0.15) is 12.6 Å². The Morgan fingerprint density at radius 1 is 0.477 bits per heavy atom. The number of esters is 2. The molecule has 0 aliphatic rings. The number of carbonyl (C=O) groups excluding carboxylic acids is 3. The summed E-state index contributed by atoms with van der Waals surface area (Å²) < 4.78 is 17.2. The molecule has 0 heterocycles. The van der Waals surface area contributed by atoms with Crippen molar-refractivity contribution in [1.82, 2.24) is 0 Å².